The second-order valence-corrected chi connectivity index (χ2v) is 5.00. The summed E-state index contributed by atoms with van der Waals surface area (Å²) in [4.78, 5) is 24.3. The molecular formula is C12H15Cl2N3O3. The molecule has 8 heteroatoms. The quantitative estimate of drug-likeness (QED) is 0.682. The molecular weight excluding hydrogens is 305 g/mol. The summed E-state index contributed by atoms with van der Waals surface area (Å²) >= 11 is 5.81. The summed E-state index contributed by atoms with van der Waals surface area (Å²) in [7, 11) is 0. The van der Waals surface area contributed by atoms with Crippen molar-refractivity contribution in [2.24, 2.45) is 11.7 Å². The van der Waals surface area contributed by atoms with E-state index in [0.717, 1.165) is 6.42 Å². The normalized spacial score (nSPS) is 17.7. The van der Waals surface area contributed by atoms with Crippen LogP contribution in [0, 0.1) is 16.0 Å². The number of likely N-dealkylation sites (tertiary alicyclic amines) is 1. The second kappa shape index (κ2) is 6.88. The lowest BCUT2D eigenvalue weighted by molar-refractivity contribution is -0.385. The SMILES string of the molecule is Cl.NCC1CCN(C(=O)c2cc(Cl)ccc2[N+](=O)[O-])C1. The van der Waals surface area contributed by atoms with Gasteiger partial charge in [-0.1, -0.05) is 11.6 Å². The van der Waals surface area contributed by atoms with Crippen LogP contribution in [-0.4, -0.2) is 35.4 Å². The molecule has 1 heterocycles. The van der Waals surface area contributed by atoms with Crippen LogP contribution in [0.15, 0.2) is 18.2 Å². The van der Waals surface area contributed by atoms with Crippen molar-refractivity contribution in [3.63, 3.8) is 0 Å². The van der Waals surface area contributed by atoms with E-state index in [4.69, 9.17) is 17.3 Å². The van der Waals surface area contributed by atoms with E-state index in [1.807, 2.05) is 0 Å². The average molecular weight is 320 g/mol. The molecule has 0 radical (unpaired) electrons. The Labute approximate surface area is 127 Å². The molecule has 20 heavy (non-hydrogen) atoms. The number of hydrogen-bond acceptors (Lipinski definition) is 4. The number of benzene rings is 1. The van der Waals surface area contributed by atoms with Crippen molar-refractivity contribution in [2.45, 2.75) is 6.42 Å². The number of nitro benzene ring substituents is 1. The van der Waals surface area contributed by atoms with Crippen LogP contribution < -0.4 is 5.73 Å². The number of nitrogens with zero attached hydrogens (tertiary/aromatic N) is 2. The number of nitro groups is 1. The van der Waals surface area contributed by atoms with E-state index >= 15 is 0 Å². The highest BCUT2D eigenvalue weighted by Gasteiger charge is 2.30. The van der Waals surface area contributed by atoms with E-state index < -0.39 is 4.92 Å². The van der Waals surface area contributed by atoms with Crippen LogP contribution in [0.25, 0.3) is 0 Å². The lowest BCUT2D eigenvalue weighted by atomic mass is 10.1. The van der Waals surface area contributed by atoms with Gasteiger partial charge in [-0.15, -0.1) is 12.4 Å². The maximum Gasteiger partial charge on any atom is 0.282 e. The molecule has 110 valence electrons. The van der Waals surface area contributed by atoms with Crippen molar-refractivity contribution in [3.8, 4) is 0 Å². The zero-order valence-electron chi connectivity index (χ0n) is 10.6. The van der Waals surface area contributed by atoms with Crippen LogP contribution in [0.2, 0.25) is 5.02 Å². The Morgan fingerprint density at radius 2 is 2.25 bits per heavy atom. The molecule has 0 saturated carbocycles. The minimum Gasteiger partial charge on any atom is -0.338 e. The topological polar surface area (TPSA) is 89.5 Å². The van der Waals surface area contributed by atoms with Gasteiger partial charge in [0.2, 0.25) is 0 Å². The maximum atomic E-state index is 12.3. The number of carbonyl (C=O) groups excluding carboxylic acids is 1. The highest BCUT2D eigenvalue weighted by molar-refractivity contribution is 6.31. The largest absolute Gasteiger partial charge is 0.338 e. The van der Waals surface area contributed by atoms with Crippen molar-refractivity contribution in [1.29, 1.82) is 0 Å². The van der Waals surface area contributed by atoms with Gasteiger partial charge in [-0.05, 0) is 31.0 Å². The number of hydrogen-bond donors (Lipinski definition) is 1. The Bertz CT molecular complexity index is 525. The molecule has 0 aliphatic carbocycles. The van der Waals surface area contributed by atoms with Gasteiger partial charge in [0.25, 0.3) is 11.6 Å². The van der Waals surface area contributed by atoms with Crippen molar-refractivity contribution < 1.29 is 9.72 Å². The molecule has 1 saturated heterocycles. The molecule has 1 atom stereocenters. The van der Waals surface area contributed by atoms with E-state index in [1.165, 1.54) is 18.2 Å². The summed E-state index contributed by atoms with van der Waals surface area (Å²) in [6.07, 6.45) is 0.830. The number of halogens is 2. The standard InChI is InChI=1S/C12H14ClN3O3.ClH/c13-9-1-2-11(16(18)19)10(5-9)12(17)15-4-3-8(6-14)7-15;/h1-2,5,8H,3-4,6-7,14H2;1H. The fourth-order valence-electron chi connectivity index (χ4n) is 2.22. The molecule has 2 N–H and O–H groups in total. The van der Waals surface area contributed by atoms with Crippen LogP contribution >= 0.6 is 24.0 Å². The summed E-state index contributed by atoms with van der Waals surface area (Å²) in [5, 5.41) is 11.3. The number of nitrogens with two attached hydrogens (primary N) is 1. The first-order valence-corrected chi connectivity index (χ1v) is 6.34. The smallest absolute Gasteiger partial charge is 0.282 e. The number of carbonyl (C=O) groups is 1. The molecule has 1 aliphatic rings. The molecule has 1 aliphatic heterocycles. The fraction of sp³-hybridized carbons (Fsp3) is 0.417. The van der Waals surface area contributed by atoms with Gasteiger partial charge in [-0.3, -0.25) is 14.9 Å². The van der Waals surface area contributed by atoms with Crippen molar-refractivity contribution in [1.82, 2.24) is 4.90 Å². The predicted molar refractivity (Wildman–Crippen MR) is 78.4 cm³/mol. The van der Waals surface area contributed by atoms with E-state index in [2.05, 4.69) is 0 Å². The van der Waals surface area contributed by atoms with Crippen LogP contribution in [0.3, 0.4) is 0 Å². The zero-order valence-corrected chi connectivity index (χ0v) is 12.2. The Morgan fingerprint density at radius 1 is 1.55 bits per heavy atom. The Kier molecular flexibility index (Phi) is 5.74. The van der Waals surface area contributed by atoms with E-state index in [9.17, 15) is 14.9 Å². The van der Waals surface area contributed by atoms with Gasteiger partial charge in [0.05, 0.1) is 4.92 Å². The molecule has 6 nitrogen and oxygen atoms in total. The van der Waals surface area contributed by atoms with Gasteiger partial charge < -0.3 is 10.6 Å². The first kappa shape index (κ1) is 16.7. The van der Waals surface area contributed by atoms with Gasteiger partial charge in [0.1, 0.15) is 5.56 Å². The summed E-state index contributed by atoms with van der Waals surface area (Å²) < 4.78 is 0. The van der Waals surface area contributed by atoms with E-state index in [1.54, 1.807) is 4.90 Å². The lowest BCUT2D eigenvalue weighted by Gasteiger charge is -2.16. The molecule has 0 bridgehead atoms. The lowest BCUT2D eigenvalue weighted by Crippen LogP contribution is -2.30. The summed E-state index contributed by atoms with van der Waals surface area (Å²) in [6, 6.07) is 4.01. The fourth-order valence-corrected chi connectivity index (χ4v) is 2.39. The third-order valence-electron chi connectivity index (χ3n) is 3.29. The Hall–Kier alpha value is -1.37. The van der Waals surface area contributed by atoms with E-state index in [0.29, 0.717) is 24.7 Å². The summed E-state index contributed by atoms with van der Waals surface area (Å²) in [6.45, 7) is 1.63. The third kappa shape index (κ3) is 3.39. The number of rotatable bonds is 3. The van der Waals surface area contributed by atoms with Gasteiger partial charge in [-0.2, -0.15) is 0 Å². The van der Waals surface area contributed by atoms with E-state index in [-0.39, 0.29) is 35.5 Å². The molecule has 1 fully saturated rings. The molecule has 0 spiro atoms. The predicted octanol–water partition coefficient (Wildman–Crippen LogP) is 2.09. The highest BCUT2D eigenvalue weighted by Crippen LogP contribution is 2.26. The molecule has 1 aromatic rings. The van der Waals surface area contributed by atoms with Gasteiger partial charge in [0.15, 0.2) is 0 Å². The van der Waals surface area contributed by atoms with Crippen LogP contribution in [0.1, 0.15) is 16.8 Å². The minimum absolute atomic E-state index is 0. The molecule has 1 amide bonds. The first-order valence-electron chi connectivity index (χ1n) is 5.96. The molecule has 0 aromatic heterocycles. The summed E-state index contributed by atoms with van der Waals surface area (Å²) in [5.74, 6) is -0.0904. The number of amides is 1. The maximum absolute atomic E-state index is 12.3. The van der Waals surface area contributed by atoms with Gasteiger partial charge in [-0.25, -0.2) is 0 Å². The average Bonchev–Trinajstić information content (AvgIpc) is 2.86. The Balaban J connectivity index is 0.00000200. The minimum atomic E-state index is -0.569. The first-order chi connectivity index (χ1) is 9.02. The second-order valence-electron chi connectivity index (χ2n) is 4.56. The van der Waals surface area contributed by atoms with Crippen molar-refractivity contribution >= 4 is 35.6 Å². The molecule has 2 rings (SSSR count). The highest BCUT2D eigenvalue weighted by atomic mass is 35.5. The van der Waals surface area contributed by atoms with Gasteiger partial charge >= 0.3 is 0 Å². The zero-order chi connectivity index (χ0) is 14.0. The Morgan fingerprint density at radius 3 is 2.80 bits per heavy atom. The van der Waals surface area contributed by atoms with Crippen molar-refractivity contribution in [2.75, 3.05) is 19.6 Å². The monoisotopic (exact) mass is 319 g/mol. The summed E-state index contributed by atoms with van der Waals surface area (Å²) in [5.41, 5.74) is 5.39. The van der Waals surface area contributed by atoms with Crippen LogP contribution in [0.4, 0.5) is 5.69 Å². The molecule has 1 unspecified atom stereocenters. The molecule has 1 aromatic carbocycles. The van der Waals surface area contributed by atoms with Gasteiger partial charge in [0, 0.05) is 24.2 Å². The van der Waals surface area contributed by atoms with Crippen molar-refractivity contribution in [3.05, 3.63) is 38.9 Å². The third-order valence-corrected chi connectivity index (χ3v) is 3.53. The van der Waals surface area contributed by atoms with Crippen LogP contribution in [-0.2, 0) is 0 Å². The van der Waals surface area contributed by atoms with Crippen LogP contribution in [0.5, 0.6) is 0 Å².